The molecule has 1 amide bonds. The fraction of sp³-hybridized carbons (Fsp3) is 0.227. The van der Waals surface area contributed by atoms with E-state index in [2.05, 4.69) is 4.90 Å². The predicted molar refractivity (Wildman–Crippen MR) is 108 cm³/mol. The molecule has 0 bridgehead atoms. The van der Waals surface area contributed by atoms with Crippen molar-refractivity contribution >= 4 is 28.5 Å². The minimum atomic E-state index is -0.830. The summed E-state index contributed by atoms with van der Waals surface area (Å²) in [5, 5.41) is 0.386. The van der Waals surface area contributed by atoms with Gasteiger partial charge in [-0.3, -0.25) is 9.59 Å². The maximum Gasteiger partial charge on any atom is 0.374 e. The van der Waals surface area contributed by atoms with E-state index in [1.807, 2.05) is 30.3 Å². The van der Waals surface area contributed by atoms with Crippen molar-refractivity contribution in [2.24, 2.45) is 0 Å². The number of hydrogen-bond donors (Lipinski definition) is 0. The topological polar surface area (TPSA) is 80.1 Å². The molecule has 0 saturated carbocycles. The maximum absolute atomic E-state index is 12.4. The molecule has 0 unspecified atom stereocenters. The van der Waals surface area contributed by atoms with Gasteiger partial charge in [0.15, 0.2) is 12.0 Å². The second kappa shape index (κ2) is 8.18. The summed E-state index contributed by atoms with van der Waals surface area (Å²) in [4.78, 5) is 40.6. The Labute approximate surface area is 167 Å². The summed E-state index contributed by atoms with van der Waals surface area (Å²) in [5.41, 5.74) is 1.09. The highest BCUT2D eigenvalue weighted by molar-refractivity contribution is 5.90. The zero-order valence-corrected chi connectivity index (χ0v) is 15.7. The Hall–Kier alpha value is -3.61. The van der Waals surface area contributed by atoms with Gasteiger partial charge in [-0.2, -0.15) is 0 Å². The number of carbonyl (C=O) groups is 2. The number of benzene rings is 2. The molecule has 0 aliphatic carbocycles. The molecule has 1 fully saturated rings. The summed E-state index contributed by atoms with van der Waals surface area (Å²) < 4.78 is 10.5. The number of carbonyl (C=O) groups excluding carboxylic acids is 2. The van der Waals surface area contributed by atoms with Gasteiger partial charge in [0, 0.05) is 37.9 Å². The highest BCUT2D eigenvalue weighted by Gasteiger charge is 2.23. The number of anilines is 1. The number of amides is 1. The molecule has 0 spiro atoms. The average molecular weight is 392 g/mol. The Balaban J connectivity index is 1.33. The van der Waals surface area contributed by atoms with Crippen LogP contribution in [-0.4, -0.2) is 49.6 Å². The van der Waals surface area contributed by atoms with E-state index >= 15 is 0 Å². The molecule has 4 rings (SSSR count). The third kappa shape index (κ3) is 4.13. The minimum absolute atomic E-state index is 0.213. The van der Waals surface area contributed by atoms with E-state index in [0.717, 1.165) is 11.8 Å². The molecule has 3 aromatic rings. The Morgan fingerprint density at radius 3 is 2.38 bits per heavy atom. The number of esters is 1. The number of ether oxygens (including phenoxy) is 1. The monoisotopic (exact) mass is 392 g/mol. The highest BCUT2D eigenvalue weighted by Crippen LogP contribution is 2.16. The van der Waals surface area contributed by atoms with Gasteiger partial charge < -0.3 is 19.0 Å². The van der Waals surface area contributed by atoms with E-state index in [1.54, 1.807) is 29.2 Å². The first-order chi connectivity index (χ1) is 14.1. The van der Waals surface area contributed by atoms with Gasteiger partial charge in [0.1, 0.15) is 5.58 Å². The second-order valence-electron chi connectivity index (χ2n) is 6.75. The highest BCUT2D eigenvalue weighted by atomic mass is 16.5. The van der Waals surface area contributed by atoms with E-state index in [0.29, 0.717) is 37.1 Å². The molecular formula is C22H20N2O5. The van der Waals surface area contributed by atoms with Gasteiger partial charge >= 0.3 is 5.97 Å². The molecule has 7 heteroatoms. The molecule has 29 heavy (non-hydrogen) atoms. The number of rotatable bonds is 4. The Morgan fingerprint density at radius 2 is 1.62 bits per heavy atom. The van der Waals surface area contributed by atoms with Crippen molar-refractivity contribution in [1.29, 1.82) is 0 Å². The third-order valence-electron chi connectivity index (χ3n) is 4.92. The molecule has 1 aliphatic rings. The summed E-state index contributed by atoms with van der Waals surface area (Å²) in [7, 11) is 0. The van der Waals surface area contributed by atoms with Gasteiger partial charge in [-0.25, -0.2) is 4.79 Å². The lowest BCUT2D eigenvalue weighted by Crippen LogP contribution is -2.49. The number of hydrogen-bond acceptors (Lipinski definition) is 6. The van der Waals surface area contributed by atoms with Gasteiger partial charge in [0.2, 0.25) is 5.76 Å². The van der Waals surface area contributed by atoms with Crippen LogP contribution in [0.5, 0.6) is 0 Å². The molecular weight excluding hydrogens is 372 g/mol. The van der Waals surface area contributed by atoms with Gasteiger partial charge in [0.05, 0.1) is 5.39 Å². The van der Waals surface area contributed by atoms with Crippen LogP contribution in [0.25, 0.3) is 11.0 Å². The van der Waals surface area contributed by atoms with E-state index in [-0.39, 0.29) is 23.7 Å². The lowest BCUT2D eigenvalue weighted by atomic mass is 10.2. The van der Waals surface area contributed by atoms with Crippen molar-refractivity contribution in [2.75, 3.05) is 37.7 Å². The van der Waals surface area contributed by atoms with Crippen molar-refractivity contribution in [3.8, 4) is 0 Å². The molecule has 148 valence electrons. The van der Waals surface area contributed by atoms with Crippen LogP contribution in [0.1, 0.15) is 10.6 Å². The SMILES string of the molecule is O=C(OCC(=O)N1CCN(c2ccccc2)CC1)c1cc(=O)c2ccccc2o1. The number of piperazine rings is 1. The zero-order chi connectivity index (χ0) is 20.2. The van der Waals surface area contributed by atoms with Crippen LogP contribution in [0, 0.1) is 0 Å². The largest absolute Gasteiger partial charge is 0.450 e. The van der Waals surface area contributed by atoms with Crippen LogP contribution in [0.2, 0.25) is 0 Å². The maximum atomic E-state index is 12.4. The molecule has 0 atom stereocenters. The van der Waals surface area contributed by atoms with E-state index in [9.17, 15) is 14.4 Å². The van der Waals surface area contributed by atoms with E-state index in [4.69, 9.17) is 9.15 Å². The second-order valence-corrected chi connectivity index (χ2v) is 6.75. The van der Waals surface area contributed by atoms with Crippen LogP contribution in [0.15, 0.2) is 69.9 Å². The van der Waals surface area contributed by atoms with Crippen LogP contribution < -0.4 is 10.3 Å². The van der Waals surface area contributed by atoms with Gasteiger partial charge in [-0.05, 0) is 24.3 Å². The third-order valence-corrected chi connectivity index (χ3v) is 4.92. The van der Waals surface area contributed by atoms with Crippen molar-refractivity contribution < 1.29 is 18.7 Å². The first-order valence-electron chi connectivity index (χ1n) is 9.39. The van der Waals surface area contributed by atoms with Crippen LogP contribution in [0.3, 0.4) is 0 Å². The Bertz CT molecular complexity index is 1090. The first kappa shape index (κ1) is 18.7. The van der Waals surface area contributed by atoms with Crippen molar-refractivity contribution in [1.82, 2.24) is 4.90 Å². The summed E-state index contributed by atoms with van der Waals surface area (Å²) in [6.45, 7) is 2.14. The van der Waals surface area contributed by atoms with Crippen LogP contribution in [0.4, 0.5) is 5.69 Å². The molecule has 7 nitrogen and oxygen atoms in total. The summed E-state index contributed by atoms with van der Waals surface area (Å²) in [6, 6.07) is 17.7. The molecule has 0 radical (unpaired) electrons. The standard InChI is InChI=1S/C22H20N2O5/c25-18-14-20(29-19-9-5-4-8-17(18)19)22(27)28-15-21(26)24-12-10-23(11-13-24)16-6-2-1-3-7-16/h1-9,14H,10-13,15H2. The van der Waals surface area contributed by atoms with Crippen molar-refractivity contribution in [3.05, 3.63) is 76.6 Å². The smallest absolute Gasteiger partial charge is 0.374 e. The summed E-state index contributed by atoms with van der Waals surface area (Å²) in [6.07, 6.45) is 0. The lowest BCUT2D eigenvalue weighted by molar-refractivity contribution is -0.134. The van der Waals surface area contributed by atoms with Gasteiger partial charge in [0.25, 0.3) is 5.91 Å². The fourth-order valence-electron chi connectivity index (χ4n) is 3.35. The van der Waals surface area contributed by atoms with E-state index < -0.39 is 5.97 Å². The van der Waals surface area contributed by atoms with Crippen molar-refractivity contribution in [2.45, 2.75) is 0 Å². The van der Waals surface area contributed by atoms with E-state index in [1.165, 1.54) is 0 Å². The molecule has 2 aromatic carbocycles. The quantitative estimate of drug-likeness (QED) is 0.634. The van der Waals surface area contributed by atoms with Crippen LogP contribution in [-0.2, 0) is 9.53 Å². The van der Waals surface area contributed by atoms with Crippen LogP contribution >= 0.6 is 0 Å². The molecule has 0 N–H and O–H groups in total. The van der Waals surface area contributed by atoms with Gasteiger partial charge in [-0.15, -0.1) is 0 Å². The Morgan fingerprint density at radius 1 is 0.931 bits per heavy atom. The number of para-hydroxylation sites is 2. The predicted octanol–water partition coefficient (Wildman–Crippen LogP) is 2.30. The zero-order valence-electron chi connectivity index (χ0n) is 15.7. The minimum Gasteiger partial charge on any atom is -0.450 e. The number of nitrogens with zero attached hydrogens (tertiary/aromatic N) is 2. The summed E-state index contributed by atoms with van der Waals surface area (Å²) >= 11 is 0. The van der Waals surface area contributed by atoms with Crippen molar-refractivity contribution in [3.63, 3.8) is 0 Å². The average Bonchev–Trinajstić information content (AvgIpc) is 2.78. The normalized spacial score (nSPS) is 14.1. The summed E-state index contributed by atoms with van der Waals surface area (Å²) in [5.74, 6) is -1.31. The molecule has 2 heterocycles. The number of fused-ring (bicyclic) bond motifs is 1. The fourth-order valence-corrected chi connectivity index (χ4v) is 3.35. The first-order valence-corrected chi connectivity index (χ1v) is 9.39. The Kier molecular flexibility index (Phi) is 5.29. The van der Waals surface area contributed by atoms with Gasteiger partial charge in [-0.1, -0.05) is 30.3 Å². The molecule has 1 saturated heterocycles. The lowest BCUT2D eigenvalue weighted by Gasteiger charge is -2.36. The molecule has 1 aromatic heterocycles. The molecule has 1 aliphatic heterocycles.